The molecule has 1 aromatic heterocycles. The lowest BCUT2D eigenvalue weighted by Gasteiger charge is -2.26. The monoisotopic (exact) mass is 403 g/mol. The van der Waals surface area contributed by atoms with E-state index in [1.807, 2.05) is 0 Å². The van der Waals surface area contributed by atoms with E-state index >= 15 is 0 Å². The van der Waals surface area contributed by atoms with Crippen molar-refractivity contribution in [1.29, 1.82) is 0 Å². The molecule has 0 saturated heterocycles. The number of amides is 1. The smallest absolute Gasteiger partial charge is 0.345 e. The first-order valence-electron chi connectivity index (χ1n) is 6.89. The summed E-state index contributed by atoms with van der Waals surface area (Å²) in [5.41, 5.74) is 0.439. The third kappa shape index (κ3) is 5.74. The quantitative estimate of drug-likeness (QED) is 0.410. The molecule has 2 aromatic rings. The Labute approximate surface area is 154 Å². The Bertz CT molecular complexity index is 783. The molecule has 134 valence electrons. The maximum absolute atomic E-state index is 11.8. The van der Waals surface area contributed by atoms with Crippen molar-refractivity contribution in [2.24, 2.45) is 0 Å². The number of nitrogens with one attached hydrogen (secondary N) is 1. The van der Waals surface area contributed by atoms with E-state index in [0.29, 0.717) is 10.7 Å². The van der Waals surface area contributed by atoms with Crippen molar-refractivity contribution in [3.05, 3.63) is 45.6 Å². The van der Waals surface area contributed by atoms with Gasteiger partial charge in [0.15, 0.2) is 5.13 Å². The van der Waals surface area contributed by atoms with Crippen molar-refractivity contribution in [3.8, 4) is 0 Å². The minimum absolute atomic E-state index is 0.0364. The molecule has 1 unspecified atom stereocenters. The maximum atomic E-state index is 11.8. The first-order chi connectivity index (χ1) is 11.9. The van der Waals surface area contributed by atoms with Crippen LogP contribution in [0.3, 0.4) is 0 Å². The van der Waals surface area contributed by atoms with Crippen molar-refractivity contribution >= 4 is 55.9 Å². The summed E-state index contributed by atoms with van der Waals surface area (Å²) in [4.78, 5) is 25.5. The molecule has 1 aromatic carbocycles. The van der Waals surface area contributed by atoms with E-state index in [1.54, 1.807) is 24.3 Å². The van der Waals surface area contributed by atoms with Gasteiger partial charge in [-0.05, 0) is 42.0 Å². The molecule has 1 amide bonds. The Hall–Kier alpha value is -2.08. The fourth-order valence-electron chi connectivity index (χ4n) is 1.87. The molecule has 0 radical (unpaired) electrons. The average Bonchev–Trinajstić information content (AvgIpc) is 3.01. The molecule has 1 atom stereocenters. The van der Waals surface area contributed by atoms with Gasteiger partial charge in [-0.3, -0.25) is 19.1 Å². The molecule has 0 saturated carbocycles. The average molecular weight is 404 g/mol. The second kappa shape index (κ2) is 8.85. The highest BCUT2D eigenvalue weighted by Gasteiger charge is 2.14. The van der Waals surface area contributed by atoms with E-state index in [4.69, 9.17) is 11.6 Å². The van der Waals surface area contributed by atoms with Crippen LogP contribution in [-0.2, 0) is 16.1 Å². The normalized spacial score (nSPS) is 11.8. The number of hydrogen-bond acceptors (Lipinski definition) is 7. The maximum Gasteiger partial charge on any atom is 0.345 e. The van der Waals surface area contributed by atoms with E-state index < -0.39 is 22.1 Å². The molecule has 0 aliphatic heterocycles. The zero-order valence-electron chi connectivity index (χ0n) is 12.6. The van der Waals surface area contributed by atoms with Crippen LogP contribution in [-0.4, -0.2) is 31.1 Å². The number of aromatic nitrogens is 1. The van der Waals surface area contributed by atoms with Crippen LogP contribution in [0.1, 0.15) is 12.8 Å². The van der Waals surface area contributed by atoms with E-state index in [1.165, 1.54) is 0 Å². The fraction of sp³-hybridized carbons (Fsp3) is 0.231. The molecule has 0 fully saturated rings. The van der Waals surface area contributed by atoms with E-state index in [0.717, 1.165) is 21.8 Å². The molecule has 1 heterocycles. The molecule has 9 nitrogen and oxygen atoms in total. The summed E-state index contributed by atoms with van der Waals surface area (Å²) in [5, 5.41) is 13.4. The zero-order valence-corrected chi connectivity index (χ0v) is 15.0. The topological polar surface area (TPSA) is 128 Å². The Balaban J connectivity index is 1.86. The number of carbonyl (C=O) groups excluding carboxylic acids is 1. The molecule has 2 rings (SSSR count). The van der Waals surface area contributed by atoms with Gasteiger partial charge in [0.2, 0.25) is 5.91 Å². The third-order valence-electron chi connectivity index (χ3n) is 2.98. The zero-order chi connectivity index (χ0) is 18.4. The number of thiazole rings is 1. The van der Waals surface area contributed by atoms with Gasteiger partial charge in [0, 0.05) is 34.9 Å². The Morgan fingerprint density at radius 2 is 2.08 bits per heavy atom. The number of halogens is 1. The lowest BCUT2D eigenvalue weighted by molar-refractivity contribution is -0.380. The minimum atomic E-state index is -2.49. The second-order valence-electron chi connectivity index (χ2n) is 4.71. The number of anilines is 2. The van der Waals surface area contributed by atoms with Crippen molar-refractivity contribution < 1.29 is 18.5 Å². The van der Waals surface area contributed by atoms with Gasteiger partial charge in [0.1, 0.15) is 6.20 Å². The number of nitro groups is 1. The summed E-state index contributed by atoms with van der Waals surface area (Å²) in [6, 6.07) is 6.26. The molecule has 0 bridgehead atoms. The van der Waals surface area contributed by atoms with Crippen LogP contribution in [0, 0.1) is 10.1 Å². The van der Waals surface area contributed by atoms with Gasteiger partial charge in [0.05, 0.1) is 4.92 Å². The highest BCUT2D eigenvalue weighted by atomic mass is 35.5. The number of carbonyl (C=O) groups is 1. The Morgan fingerprint density at radius 3 is 2.64 bits per heavy atom. The summed E-state index contributed by atoms with van der Waals surface area (Å²) >= 11 is 4.02. The lowest BCUT2D eigenvalue weighted by atomic mass is 10.2. The van der Waals surface area contributed by atoms with Crippen LogP contribution in [0.25, 0.3) is 0 Å². The molecular formula is C13H12ClN4O5S2-. The van der Waals surface area contributed by atoms with Crippen molar-refractivity contribution in [2.75, 3.05) is 16.2 Å². The number of rotatable bonds is 8. The Kier molecular flexibility index (Phi) is 6.82. The number of benzene rings is 1. The highest BCUT2D eigenvalue weighted by Crippen LogP contribution is 2.25. The summed E-state index contributed by atoms with van der Waals surface area (Å²) in [7, 11) is 0. The van der Waals surface area contributed by atoms with Crippen LogP contribution >= 0.6 is 22.9 Å². The summed E-state index contributed by atoms with van der Waals surface area (Å²) in [5.74, 6) is -0.406. The summed E-state index contributed by atoms with van der Waals surface area (Å²) < 4.78 is 23.8. The molecule has 1 N–H and O–H groups in total. The van der Waals surface area contributed by atoms with Gasteiger partial charge in [-0.2, -0.15) is 0 Å². The summed E-state index contributed by atoms with van der Waals surface area (Å²) in [6.45, 7) is 0.100. The van der Waals surface area contributed by atoms with Crippen LogP contribution in [0.2, 0.25) is 5.02 Å². The van der Waals surface area contributed by atoms with Crippen LogP contribution in [0.15, 0.2) is 30.5 Å². The predicted octanol–water partition coefficient (Wildman–Crippen LogP) is 2.72. The van der Waals surface area contributed by atoms with Gasteiger partial charge in [-0.15, -0.1) is 0 Å². The van der Waals surface area contributed by atoms with E-state index in [-0.39, 0.29) is 29.5 Å². The predicted molar refractivity (Wildman–Crippen MR) is 94.3 cm³/mol. The molecule has 0 spiro atoms. The van der Waals surface area contributed by atoms with Crippen LogP contribution in [0.4, 0.5) is 15.8 Å². The first-order valence-corrected chi connectivity index (χ1v) is 9.12. The van der Waals surface area contributed by atoms with Gasteiger partial charge in [-0.1, -0.05) is 11.6 Å². The third-order valence-corrected chi connectivity index (χ3v) is 4.85. The largest absolute Gasteiger partial charge is 0.755 e. The van der Waals surface area contributed by atoms with E-state index in [9.17, 15) is 23.7 Å². The number of nitrogens with zero attached hydrogens (tertiary/aromatic N) is 3. The fourth-order valence-corrected chi connectivity index (χ4v) is 3.22. The van der Waals surface area contributed by atoms with Gasteiger partial charge in [-0.25, -0.2) is 4.98 Å². The van der Waals surface area contributed by atoms with Gasteiger partial charge < -0.3 is 14.2 Å². The molecule has 12 heteroatoms. The first kappa shape index (κ1) is 19.2. The van der Waals surface area contributed by atoms with Crippen molar-refractivity contribution in [2.45, 2.75) is 12.8 Å². The summed E-state index contributed by atoms with van der Waals surface area (Å²) in [6.07, 6.45) is 1.35. The number of hydrogen-bond donors (Lipinski definition) is 1. The van der Waals surface area contributed by atoms with Gasteiger partial charge in [0.25, 0.3) is 0 Å². The minimum Gasteiger partial charge on any atom is -0.755 e. The van der Waals surface area contributed by atoms with Crippen LogP contribution in [0.5, 0.6) is 0 Å². The Morgan fingerprint density at radius 1 is 1.40 bits per heavy atom. The molecule has 25 heavy (non-hydrogen) atoms. The molecule has 0 aliphatic carbocycles. The second-order valence-corrected chi connectivity index (χ2v) is 7.03. The van der Waals surface area contributed by atoms with Gasteiger partial charge >= 0.3 is 5.00 Å². The van der Waals surface area contributed by atoms with Crippen LogP contribution < -0.4 is 9.62 Å². The highest BCUT2D eigenvalue weighted by molar-refractivity contribution is 7.80. The standard InChI is InChI=1S/C13H13ClN4O5S2/c14-9-3-5-10(6-4-9)17(25(22)23)7-1-2-11(19)16-13-15-8-12(24-13)18(20)21/h3-6,8H,1-2,7H2,(H,22,23)(H,15,16,19)/p-1. The van der Waals surface area contributed by atoms with Crippen molar-refractivity contribution in [1.82, 2.24) is 4.98 Å². The molecule has 0 aliphatic rings. The van der Waals surface area contributed by atoms with Crippen molar-refractivity contribution in [3.63, 3.8) is 0 Å². The SMILES string of the molecule is O=C(CCCN(c1ccc(Cl)cc1)S(=O)[O-])Nc1ncc([N+](=O)[O-])s1. The molecular weight excluding hydrogens is 392 g/mol. The lowest BCUT2D eigenvalue weighted by Crippen LogP contribution is -2.27. The van der Waals surface area contributed by atoms with E-state index in [2.05, 4.69) is 10.3 Å².